The van der Waals surface area contributed by atoms with Crippen LogP contribution >= 0.6 is 0 Å². The van der Waals surface area contributed by atoms with Gasteiger partial charge in [0.15, 0.2) is 11.5 Å². The Morgan fingerprint density at radius 3 is 2.77 bits per heavy atom. The summed E-state index contributed by atoms with van der Waals surface area (Å²) in [5.74, 6) is 1.79. The third-order valence-corrected chi connectivity index (χ3v) is 4.13. The van der Waals surface area contributed by atoms with Crippen molar-refractivity contribution in [3.05, 3.63) is 29.3 Å². The van der Waals surface area contributed by atoms with Crippen LogP contribution < -0.4 is 9.47 Å². The maximum Gasteiger partial charge on any atom is 0.264 e. The molecule has 3 rings (SSSR count). The third kappa shape index (κ3) is 2.91. The number of piperidine rings is 1. The van der Waals surface area contributed by atoms with E-state index in [1.807, 2.05) is 12.1 Å². The Morgan fingerprint density at radius 1 is 1.32 bits per heavy atom. The minimum Gasteiger partial charge on any atom is -0.454 e. The predicted octanol–water partition coefficient (Wildman–Crippen LogP) is 2.58. The van der Waals surface area contributed by atoms with E-state index in [-0.39, 0.29) is 18.3 Å². The molecule has 0 aromatic heterocycles. The van der Waals surface area contributed by atoms with Gasteiger partial charge in [0.1, 0.15) is 11.6 Å². The van der Waals surface area contributed by atoms with Gasteiger partial charge >= 0.3 is 0 Å². The smallest absolute Gasteiger partial charge is 0.264 e. The molecule has 0 unspecified atom stereocenters. The van der Waals surface area contributed by atoms with E-state index in [4.69, 9.17) is 9.47 Å². The fraction of sp³-hybridized carbons (Fsp3) is 0.412. The lowest BCUT2D eigenvalue weighted by molar-refractivity contribution is -0.127. The van der Waals surface area contributed by atoms with Gasteiger partial charge in [0.2, 0.25) is 6.79 Å². The third-order valence-electron chi connectivity index (χ3n) is 4.13. The highest BCUT2D eigenvalue weighted by Gasteiger charge is 2.23. The summed E-state index contributed by atoms with van der Waals surface area (Å²) in [6.07, 6.45) is 3.60. The number of nitriles is 1. The quantitative estimate of drug-likeness (QED) is 0.622. The first-order valence-corrected chi connectivity index (χ1v) is 7.48. The zero-order valence-corrected chi connectivity index (χ0v) is 12.5. The molecular weight excluding hydrogens is 280 g/mol. The van der Waals surface area contributed by atoms with Crippen molar-refractivity contribution in [1.82, 2.24) is 4.90 Å². The molecule has 1 aromatic rings. The standard InChI is InChI=1S/C17H18N2O3/c1-12-4-6-19(7-5-12)17(20)14(10-18)8-13-2-3-15-16(9-13)22-11-21-15/h2-3,8-9,12H,4-7,11H2,1H3. The number of ether oxygens (including phenoxy) is 2. The molecule has 114 valence electrons. The number of carbonyl (C=O) groups excluding carboxylic acids is 1. The summed E-state index contributed by atoms with van der Waals surface area (Å²) in [5, 5.41) is 9.31. The van der Waals surface area contributed by atoms with E-state index in [9.17, 15) is 10.1 Å². The van der Waals surface area contributed by atoms with E-state index >= 15 is 0 Å². The highest BCUT2D eigenvalue weighted by Crippen LogP contribution is 2.33. The predicted molar refractivity (Wildman–Crippen MR) is 81.1 cm³/mol. The maximum absolute atomic E-state index is 12.5. The lowest BCUT2D eigenvalue weighted by Crippen LogP contribution is -2.38. The van der Waals surface area contributed by atoms with Crippen LogP contribution in [0.4, 0.5) is 0 Å². The van der Waals surface area contributed by atoms with Gasteiger partial charge in [-0.1, -0.05) is 13.0 Å². The van der Waals surface area contributed by atoms with Gasteiger partial charge in [-0.15, -0.1) is 0 Å². The molecule has 1 aromatic carbocycles. The molecule has 0 aliphatic carbocycles. The van der Waals surface area contributed by atoms with E-state index in [2.05, 4.69) is 6.92 Å². The van der Waals surface area contributed by atoms with Crippen molar-refractivity contribution in [2.45, 2.75) is 19.8 Å². The Balaban J connectivity index is 1.78. The Bertz CT molecular complexity index is 652. The van der Waals surface area contributed by atoms with Crippen molar-refractivity contribution >= 4 is 12.0 Å². The van der Waals surface area contributed by atoms with Gasteiger partial charge in [-0.2, -0.15) is 5.26 Å². The topological polar surface area (TPSA) is 62.6 Å². The Hall–Kier alpha value is -2.48. The van der Waals surface area contributed by atoms with Gasteiger partial charge in [-0.25, -0.2) is 0 Å². The summed E-state index contributed by atoms with van der Waals surface area (Å²) >= 11 is 0. The Labute approximate surface area is 129 Å². The highest BCUT2D eigenvalue weighted by molar-refractivity contribution is 6.01. The second-order valence-electron chi connectivity index (χ2n) is 5.76. The fourth-order valence-corrected chi connectivity index (χ4v) is 2.69. The molecule has 2 aliphatic rings. The van der Waals surface area contributed by atoms with Gasteiger partial charge in [0, 0.05) is 13.1 Å². The van der Waals surface area contributed by atoms with Gasteiger partial charge in [-0.3, -0.25) is 4.79 Å². The Morgan fingerprint density at radius 2 is 2.05 bits per heavy atom. The highest BCUT2D eigenvalue weighted by atomic mass is 16.7. The van der Waals surface area contributed by atoms with Gasteiger partial charge in [0.25, 0.3) is 5.91 Å². The number of likely N-dealkylation sites (tertiary alicyclic amines) is 1. The first-order chi connectivity index (χ1) is 10.7. The molecule has 0 N–H and O–H groups in total. The fourth-order valence-electron chi connectivity index (χ4n) is 2.69. The first-order valence-electron chi connectivity index (χ1n) is 7.48. The van der Waals surface area contributed by atoms with E-state index < -0.39 is 0 Å². The average Bonchev–Trinajstić information content (AvgIpc) is 3.00. The van der Waals surface area contributed by atoms with Crippen molar-refractivity contribution in [3.63, 3.8) is 0 Å². The van der Waals surface area contributed by atoms with Gasteiger partial charge < -0.3 is 14.4 Å². The molecule has 0 spiro atoms. The SMILES string of the molecule is CC1CCN(C(=O)C(C#N)=Cc2ccc3c(c2)OCO3)CC1. The minimum absolute atomic E-state index is 0.161. The van der Waals surface area contributed by atoms with Crippen LogP contribution in [0.2, 0.25) is 0 Å². The van der Waals surface area contributed by atoms with Crippen LogP contribution in [0, 0.1) is 17.2 Å². The van der Waals surface area contributed by atoms with Crippen molar-refractivity contribution in [2.24, 2.45) is 5.92 Å². The molecule has 1 fully saturated rings. The second-order valence-corrected chi connectivity index (χ2v) is 5.76. The van der Waals surface area contributed by atoms with Crippen molar-refractivity contribution in [3.8, 4) is 17.6 Å². The second kappa shape index (κ2) is 6.10. The summed E-state index contributed by atoms with van der Waals surface area (Å²) < 4.78 is 10.6. The summed E-state index contributed by atoms with van der Waals surface area (Å²) in [6.45, 7) is 3.84. The minimum atomic E-state index is -0.188. The number of hydrogen-bond acceptors (Lipinski definition) is 4. The average molecular weight is 298 g/mol. The monoisotopic (exact) mass is 298 g/mol. The van der Waals surface area contributed by atoms with Crippen LogP contribution in [0.5, 0.6) is 11.5 Å². The number of carbonyl (C=O) groups is 1. The molecule has 0 atom stereocenters. The molecule has 5 nitrogen and oxygen atoms in total. The molecule has 22 heavy (non-hydrogen) atoms. The van der Waals surface area contributed by atoms with Crippen molar-refractivity contribution in [1.29, 1.82) is 5.26 Å². The van der Waals surface area contributed by atoms with Crippen molar-refractivity contribution < 1.29 is 14.3 Å². The van der Waals surface area contributed by atoms with Crippen LogP contribution in [0.15, 0.2) is 23.8 Å². The summed E-state index contributed by atoms with van der Waals surface area (Å²) in [6, 6.07) is 7.41. The number of rotatable bonds is 2. The Kier molecular flexibility index (Phi) is 4.01. The van der Waals surface area contributed by atoms with Crippen LogP contribution in [0.3, 0.4) is 0 Å². The molecule has 0 saturated carbocycles. The van der Waals surface area contributed by atoms with Gasteiger partial charge in [0.05, 0.1) is 0 Å². The van der Waals surface area contributed by atoms with E-state index in [0.29, 0.717) is 17.4 Å². The zero-order chi connectivity index (χ0) is 15.5. The van der Waals surface area contributed by atoms with Crippen LogP contribution in [-0.4, -0.2) is 30.7 Å². The first kappa shape index (κ1) is 14.5. The van der Waals surface area contributed by atoms with Gasteiger partial charge in [-0.05, 0) is 42.5 Å². The van der Waals surface area contributed by atoms with Crippen LogP contribution in [-0.2, 0) is 4.79 Å². The number of hydrogen-bond donors (Lipinski definition) is 0. The van der Waals surface area contributed by atoms with Crippen molar-refractivity contribution in [2.75, 3.05) is 19.9 Å². The zero-order valence-electron chi connectivity index (χ0n) is 12.5. The van der Waals surface area contributed by atoms with Crippen LogP contribution in [0.25, 0.3) is 6.08 Å². The number of amides is 1. The van der Waals surface area contributed by atoms with E-state index in [0.717, 1.165) is 31.5 Å². The molecular formula is C17H18N2O3. The summed E-state index contributed by atoms with van der Waals surface area (Å²) in [5.41, 5.74) is 0.924. The largest absolute Gasteiger partial charge is 0.454 e. The molecule has 0 radical (unpaired) electrons. The van der Waals surface area contributed by atoms with E-state index in [1.54, 1.807) is 23.1 Å². The summed E-state index contributed by atoms with van der Waals surface area (Å²) in [7, 11) is 0. The maximum atomic E-state index is 12.5. The number of fused-ring (bicyclic) bond motifs is 1. The van der Waals surface area contributed by atoms with E-state index in [1.165, 1.54) is 0 Å². The molecule has 2 heterocycles. The number of benzene rings is 1. The molecule has 5 heteroatoms. The summed E-state index contributed by atoms with van der Waals surface area (Å²) in [4.78, 5) is 14.2. The lowest BCUT2D eigenvalue weighted by Gasteiger charge is -2.30. The molecule has 2 aliphatic heterocycles. The normalized spacial score (nSPS) is 18.2. The molecule has 0 bridgehead atoms. The lowest BCUT2D eigenvalue weighted by atomic mass is 9.98. The van der Waals surface area contributed by atoms with Crippen LogP contribution in [0.1, 0.15) is 25.3 Å². The molecule has 1 amide bonds. The number of nitrogens with zero attached hydrogens (tertiary/aromatic N) is 2. The molecule has 1 saturated heterocycles.